The molecule has 3 aromatic rings. The van der Waals surface area contributed by atoms with Crippen LogP contribution in [0.25, 0.3) is 0 Å². The summed E-state index contributed by atoms with van der Waals surface area (Å²) in [7, 11) is -3.98. The highest BCUT2D eigenvalue weighted by Gasteiger charge is 2.29. The maximum Gasteiger partial charge on any atom is 0.251 e. The normalized spacial score (nSPS) is 14.8. The molecule has 1 saturated heterocycles. The summed E-state index contributed by atoms with van der Waals surface area (Å²) in [5.41, 5.74) is 4.09. The summed E-state index contributed by atoms with van der Waals surface area (Å²) < 4.78 is 43.5. The van der Waals surface area contributed by atoms with Gasteiger partial charge in [-0.1, -0.05) is 30.7 Å². The molecule has 2 heterocycles. The second-order valence-electron chi connectivity index (χ2n) is 8.70. The number of piperidine rings is 1. The lowest BCUT2D eigenvalue weighted by Crippen LogP contribution is -2.36. The summed E-state index contributed by atoms with van der Waals surface area (Å²) in [5.74, 6) is -1.31. The Balaban J connectivity index is 1.45. The van der Waals surface area contributed by atoms with Gasteiger partial charge in [-0.05, 0) is 62.1 Å². The fourth-order valence-electron chi connectivity index (χ4n) is 4.22. The second-order valence-corrected chi connectivity index (χ2v) is 10.6. The molecule has 34 heavy (non-hydrogen) atoms. The Bertz CT molecular complexity index is 1300. The van der Waals surface area contributed by atoms with Gasteiger partial charge in [-0.25, -0.2) is 12.8 Å². The lowest BCUT2D eigenvalue weighted by Gasteiger charge is -2.26. The van der Waals surface area contributed by atoms with Gasteiger partial charge in [0.15, 0.2) is 0 Å². The van der Waals surface area contributed by atoms with E-state index in [9.17, 15) is 17.6 Å². The molecule has 1 aromatic heterocycles. The monoisotopic (exact) mass is 484 g/mol. The average Bonchev–Trinajstić information content (AvgIpc) is 3.14. The minimum Gasteiger partial charge on any atom is -0.348 e. The van der Waals surface area contributed by atoms with E-state index in [2.05, 4.69) is 10.4 Å². The number of amides is 1. The topological polar surface area (TPSA) is 84.3 Å². The van der Waals surface area contributed by atoms with Crippen molar-refractivity contribution in [1.82, 2.24) is 19.4 Å². The fraction of sp³-hybridized carbons (Fsp3) is 0.360. The number of aromatic nitrogens is 2. The van der Waals surface area contributed by atoms with Crippen molar-refractivity contribution in [2.24, 2.45) is 0 Å². The van der Waals surface area contributed by atoms with E-state index in [1.54, 1.807) is 0 Å². The molecular weight excluding hydrogens is 455 g/mol. The molecule has 1 N–H and O–H groups in total. The van der Waals surface area contributed by atoms with Crippen LogP contribution >= 0.6 is 0 Å². The summed E-state index contributed by atoms with van der Waals surface area (Å²) in [6, 6.07) is 13.3. The van der Waals surface area contributed by atoms with Gasteiger partial charge in [0.1, 0.15) is 10.7 Å². The SMILES string of the molecule is Cc1cc(C)n(Cc2cccc(CNC(=O)c3ccc(F)c(S(=O)(=O)N4CCCCC4)c3)c2)n1. The van der Waals surface area contributed by atoms with Crippen molar-refractivity contribution in [2.75, 3.05) is 13.1 Å². The Morgan fingerprint density at radius 2 is 1.76 bits per heavy atom. The molecule has 0 radical (unpaired) electrons. The maximum absolute atomic E-state index is 14.4. The van der Waals surface area contributed by atoms with E-state index in [1.165, 1.54) is 10.4 Å². The van der Waals surface area contributed by atoms with Crippen molar-refractivity contribution in [2.45, 2.75) is 51.1 Å². The van der Waals surface area contributed by atoms with Gasteiger partial charge < -0.3 is 5.32 Å². The number of hydrogen-bond donors (Lipinski definition) is 1. The number of nitrogens with zero attached hydrogens (tertiary/aromatic N) is 3. The van der Waals surface area contributed by atoms with Crippen molar-refractivity contribution >= 4 is 15.9 Å². The van der Waals surface area contributed by atoms with Crippen LogP contribution in [0.4, 0.5) is 4.39 Å². The Kier molecular flexibility index (Phi) is 7.13. The Hall–Kier alpha value is -3.04. The summed E-state index contributed by atoms with van der Waals surface area (Å²) in [6.45, 7) is 5.57. The summed E-state index contributed by atoms with van der Waals surface area (Å²) in [4.78, 5) is 12.3. The van der Waals surface area contributed by atoms with Crippen LogP contribution in [0.1, 0.15) is 52.1 Å². The van der Waals surface area contributed by atoms with Crippen molar-refractivity contribution in [3.8, 4) is 0 Å². The summed E-state index contributed by atoms with van der Waals surface area (Å²) in [5, 5.41) is 7.29. The molecule has 0 bridgehead atoms. The van der Waals surface area contributed by atoms with E-state index in [4.69, 9.17) is 0 Å². The molecule has 7 nitrogen and oxygen atoms in total. The highest BCUT2D eigenvalue weighted by Crippen LogP contribution is 2.24. The molecule has 2 aromatic carbocycles. The molecule has 180 valence electrons. The number of benzene rings is 2. The van der Waals surface area contributed by atoms with E-state index >= 15 is 0 Å². The maximum atomic E-state index is 14.4. The van der Waals surface area contributed by atoms with Crippen LogP contribution in [0.2, 0.25) is 0 Å². The highest BCUT2D eigenvalue weighted by atomic mass is 32.2. The number of rotatable bonds is 7. The third kappa shape index (κ3) is 5.37. The number of carbonyl (C=O) groups is 1. The molecule has 4 rings (SSSR count). The molecule has 1 aliphatic rings. The minimum absolute atomic E-state index is 0.107. The first-order valence-corrected chi connectivity index (χ1v) is 12.8. The molecule has 1 amide bonds. The van der Waals surface area contributed by atoms with Gasteiger partial charge in [0.25, 0.3) is 5.91 Å². The molecule has 1 fully saturated rings. The Labute approximate surface area is 199 Å². The molecule has 0 saturated carbocycles. The first-order chi connectivity index (χ1) is 16.2. The Morgan fingerprint density at radius 1 is 1.03 bits per heavy atom. The van der Waals surface area contributed by atoms with Crippen molar-refractivity contribution in [3.63, 3.8) is 0 Å². The predicted octanol–water partition coefficient (Wildman–Crippen LogP) is 3.79. The number of aryl methyl sites for hydroxylation is 2. The zero-order valence-electron chi connectivity index (χ0n) is 19.4. The van der Waals surface area contributed by atoms with Gasteiger partial charge in [0.05, 0.1) is 12.2 Å². The van der Waals surface area contributed by atoms with Gasteiger partial charge in [-0.15, -0.1) is 0 Å². The van der Waals surface area contributed by atoms with Crippen LogP contribution in [0.5, 0.6) is 0 Å². The van der Waals surface area contributed by atoms with Crippen LogP contribution in [-0.4, -0.2) is 41.5 Å². The van der Waals surface area contributed by atoms with Gasteiger partial charge in [-0.2, -0.15) is 9.40 Å². The second kappa shape index (κ2) is 10.1. The lowest BCUT2D eigenvalue weighted by atomic mass is 10.1. The number of carbonyl (C=O) groups excluding carboxylic acids is 1. The van der Waals surface area contributed by atoms with Crippen LogP contribution in [-0.2, 0) is 23.1 Å². The smallest absolute Gasteiger partial charge is 0.251 e. The first kappa shape index (κ1) is 24.1. The molecule has 1 aliphatic heterocycles. The first-order valence-electron chi connectivity index (χ1n) is 11.4. The zero-order valence-corrected chi connectivity index (χ0v) is 20.2. The van der Waals surface area contributed by atoms with E-state index in [-0.39, 0.29) is 12.1 Å². The number of sulfonamides is 1. The number of halogens is 1. The van der Waals surface area contributed by atoms with E-state index in [0.717, 1.165) is 53.9 Å². The van der Waals surface area contributed by atoms with Gasteiger partial charge >= 0.3 is 0 Å². The average molecular weight is 485 g/mol. The zero-order chi connectivity index (χ0) is 24.3. The summed E-state index contributed by atoms with van der Waals surface area (Å²) in [6.07, 6.45) is 2.46. The van der Waals surface area contributed by atoms with Crippen molar-refractivity contribution < 1.29 is 17.6 Å². The van der Waals surface area contributed by atoms with Crippen LogP contribution < -0.4 is 5.32 Å². The number of hydrogen-bond acceptors (Lipinski definition) is 4. The van der Waals surface area contributed by atoms with Gasteiger partial charge in [0, 0.05) is 30.9 Å². The third-order valence-corrected chi connectivity index (χ3v) is 7.92. The van der Waals surface area contributed by atoms with E-state index < -0.39 is 26.6 Å². The largest absolute Gasteiger partial charge is 0.348 e. The van der Waals surface area contributed by atoms with Crippen LogP contribution in [0, 0.1) is 19.7 Å². The molecule has 0 aliphatic carbocycles. The molecule has 0 atom stereocenters. The molecule has 0 unspecified atom stereocenters. The molecule has 0 spiro atoms. The van der Waals surface area contributed by atoms with Crippen molar-refractivity contribution in [3.05, 3.63) is 82.4 Å². The van der Waals surface area contributed by atoms with Crippen LogP contribution in [0.3, 0.4) is 0 Å². The lowest BCUT2D eigenvalue weighted by molar-refractivity contribution is 0.0950. The van der Waals surface area contributed by atoms with Crippen molar-refractivity contribution in [1.29, 1.82) is 0 Å². The predicted molar refractivity (Wildman–Crippen MR) is 127 cm³/mol. The fourth-order valence-corrected chi connectivity index (χ4v) is 5.82. The van der Waals surface area contributed by atoms with E-state index in [1.807, 2.05) is 48.9 Å². The third-order valence-electron chi connectivity index (χ3n) is 6.01. The molecule has 9 heteroatoms. The van der Waals surface area contributed by atoms with E-state index in [0.29, 0.717) is 19.6 Å². The highest BCUT2D eigenvalue weighted by molar-refractivity contribution is 7.89. The van der Waals surface area contributed by atoms with Gasteiger partial charge in [0.2, 0.25) is 10.0 Å². The summed E-state index contributed by atoms with van der Waals surface area (Å²) >= 11 is 0. The van der Waals surface area contributed by atoms with Crippen LogP contribution in [0.15, 0.2) is 53.4 Å². The minimum atomic E-state index is -3.98. The van der Waals surface area contributed by atoms with Gasteiger partial charge in [-0.3, -0.25) is 9.48 Å². The standard InChI is InChI=1S/C25H29FN4O3S/c1-18-13-19(2)30(28-18)17-21-8-6-7-20(14-21)16-27-25(31)22-9-10-23(26)24(15-22)34(32,33)29-11-4-3-5-12-29/h6-10,13-15H,3-5,11-12,16-17H2,1-2H3,(H,27,31). The Morgan fingerprint density at radius 3 is 2.47 bits per heavy atom. The quantitative estimate of drug-likeness (QED) is 0.553. The molecular formula is C25H29FN4O3S. The number of nitrogens with one attached hydrogen (secondary N) is 1.